The highest BCUT2D eigenvalue weighted by Gasteiger charge is 2.35. The first-order chi connectivity index (χ1) is 14.3. The minimum Gasteiger partial charge on any atom is -0.381 e. The van der Waals surface area contributed by atoms with Crippen molar-refractivity contribution in [2.75, 3.05) is 52.8 Å². The molecule has 0 radical (unpaired) electrons. The van der Waals surface area contributed by atoms with E-state index in [9.17, 15) is 13.2 Å². The molecule has 3 heterocycles. The molecule has 170 valence electrons. The summed E-state index contributed by atoms with van der Waals surface area (Å²) >= 11 is 0. The topological polar surface area (TPSA) is 114 Å². The van der Waals surface area contributed by atoms with Crippen molar-refractivity contribution in [2.45, 2.75) is 44.9 Å². The molecule has 1 N–H and O–H groups in total. The van der Waals surface area contributed by atoms with Gasteiger partial charge in [-0.15, -0.1) is 0 Å². The summed E-state index contributed by atoms with van der Waals surface area (Å²) in [6.07, 6.45) is 3.86. The van der Waals surface area contributed by atoms with Crippen molar-refractivity contribution in [3.05, 3.63) is 17.0 Å². The number of nitrogens with one attached hydrogen (secondary N) is 1. The number of ether oxygens (including phenoxy) is 2. The maximum absolute atomic E-state index is 12.6. The summed E-state index contributed by atoms with van der Waals surface area (Å²) in [5.74, 6) is 0.271. The zero-order valence-corrected chi connectivity index (χ0v) is 18.7. The second-order valence-corrected chi connectivity index (χ2v) is 9.88. The number of methoxy groups -OCH3 is 1. The summed E-state index contributed by atoms with van der Waals surface area (Å²) in [5.41, 5.74) is 0.895. The lowest BCUT2D eigenvalue weighted by Crippen LogP contribution is -2.50. The number of rotatable bonds is 9. The summed E-state index contributed by atoms with van der Waals surface area (Å²) in [6.45, 7) is 5.51. The van der Waals surface area contributed by atoms with Gasteiger partial charge in [-0.3, -0.25) is 9.69 Å². The SMILES string of the molecule is COCc1c(C(=O)NCCN(C2CCOCC2)C2CCN(S(C)(=O)=O)C2)noc1C. The molecule has 0 saturated carbocycles. The van der Waals surface area contributed by atoms with Gasteiger partial charge >= 0.3 is 0 Å². The molecule has 2 aliphatic rings. The summed E-state index contributed by atoms with van der Waals surface area (Å²) in [4.78, 5) is 14.9. The second-order valence-electron chi connectivity index (χ2n) is 7.90. The Morgan fingerprint density at radius 2 is 2.03 bits per heavy atom. The lowest BCUT2D eigenvalue weighted by Gasteiger charge is -2.38. The fourth-order valence-corrected chi connectivity index (χ4v) is 5.11. The Morgan fingerprint density at radius 1 is 1.30 bits per heavy atom. The smallest absolute Gasteiger partial charge is 0.273 e. The van der Waals surface area contributed by atoms with Crippen LogP contribution in [0.25, 0.3) is 0 Å². The quantitative estimate of drug-likeness (QED) is 0.581. The normalized spacial score (nSPS) is 21.4. The molecule has 2 fully saturated rings. The number of amides is 1. The van der Waals surface area contributed by atoms with Gasteiger partial charge < -0.3 is 19.3 Å². The van der Waals surface area contributed by atoms with Gasteiger partial charge in [0.1, 0.15) is 5.76 Å². The van der Waals surface area contributed by atoms with E-state index in [0.29, 0.717) is 56.8 Å². The molecule has 1 aromatic heterocycles. The van der Waals surface area contributed by atoms with Crippen LogP contribution in [-0.2, 0) is 26.1 Å². The molecule has 0 aliphatic carbocycles. The van der Waals surface area contributed by atoms with E-state index in [1.807, 2.05) is 0 Å². The fraction of sp³-hybridized carbons (Fsp3) is 0.789. The molecular weight excluding hydrogens is 412 g/mol. The van der Waals surface area contributed by atoms with Gasteiger partial charge in [0.15, 0.2) is 5.69 Å². The lowest BCUT2D eigenvalue weighted by molar-refractivity contribution is 0.0194. The van der Waals surface area contributed by atoms with Crippen molar-refractivity contribution in [1.29, 1.82) is 0 Å². The Kier molecular flexibility index (Phi) is 7.86. The number of hydrogen-bond donors (Lipinski definition) is 1. The van der Waals surface area contributed by atoms with Crippen LogP contribution in [0.15, 0.2) is 4.52 Å². The van der Waals surface area contributed by atoms with Gasteiger partial charge in [0.05, 0.1) is 18.4 Å². The van der Waals surface area contributed by atoms with E-state index in [-0.39, 0.29) is 24.2 Å². The van der Waals surface area contributed by atoms with Gasteiger partial charge in [0.2, 0.25) is 10.0 Å². The first-order valence-corrected chi connectivity index (χ1v) is 12.2. The Morgan fingerprint density at radius 3 is 2.67 bits per heavy atom. The molecule has 0 aromatic carbocycles. The molecule has 2 aliphatic heterocycles. The highest BCUT2D eigenvalue weighted by Crippen LogP contribution is 2.24. The number of hydrogen-bond acceptors (Lipinski definition) is 8. The first kappa shape index (κ1) is 23.1. The zero-order chi connectivity index (χ0) is 21.7. The largest absolute Gasteiger partial charge is 0.381 e. The highest BCUT2D eigenvalue weighted by molar-refractivity contribution is 7.88. The maximum atomic E-state index is 12.6. The molecule has 0 spiro atoms. The third kappa shape index (κ3) is 5.58. The average Bonchev–Trinajstić information content (AvgIpc) is 3.34. The Labute approximate surface area is 177 Å². The van der Waals surface area contributed by atoms with Gasteiger partial charge in [0.25, 0.3) is 5.91 Å². The number of aryl methyl sites for hydroxylation is 1. The maximum Gasteiger partial charge on any atom is 0.273 e. The first-order valence-electron chi connectivity index (χ1n) is 10.3. The Hall–Kier alpha value is -1.53. The molecule has 10 nitrogen and oxygen atoms in total. The third-order valence-electron chi connectivity index (χ3n) is 5.87. The van der Waals surface area contributed by atoms with Crippen molar-refractivity contribution in [1.82, 2.24) is 19.7 Å². The van der Waals surface area contributed by atoms with Gasteiger partial charge in [-0.2, -0.15) is 0 Å². The standard InChI is InChI=1S/C19H32N4O6S/c1-14-17(13-27-2)18(21-29-14)19(24)20-7-9-23(15-5-10-28-11-6-15)16-4-8-22(12-16)30(3,25)26/h15-16H,4-13H2,1-3H3,(H,20,24). The summed E-state index contributed by atoms with van der Waals surface area (Å²) < 4.78 is 41.2. The van der Waals surface area contributed by atoms with Crippen molar-refractivity contribution >= 4 is 15.9 Å². The van der Waals surface area contributed by atoms with Crippen LogP contribution in [0.2, 0.25) is 0 Å². The third-order valence-corrected chi connectivity index (χ3v) is 7.14. The van der Waals surface area contributed by atoms with Crippen LogP contribution in [0.4, 0.5) is 0 Å². The number of carbonyl (C=O) groups is 1. The van der Waals surface area contributed by atoms with Gasteiger partial charge in [-0.25, -0.2) is 12.7 Å². The van der Waals surface area contributed by atoms with Gasteiger partial charge in [-0.05, 0) is 26.2 Å². The zero-order valence-electron chi connectivity index (χ0n) is 17.9. The summed E-state index contributed by atoms with van der Waals surface area (Å²) in [5, 5.41) is 6.79. The van der Waals surface area contributed by atoms with Crippen LogP contribution in [0, 0.1) is 6.92 Å². The lowest BCUT2D eigenvalue weighted by atomic mass is 10.0. The average molecular weight is 445 g/mol. The molecule has 1 amide bonds. The van der Waals surface area contributed by atoms with Crippen molar-refractivity contribution in [2.24, 2.45) is 0 Å². The number of nitrogens with zero attached hydrogens (tertiary/aromatic N) is 3. The van der Waals surface area contributed by atoms with E-state index in [0.717, 1.165) is 19.3 Å². The molecule has 3 rings (SSSR count). The van der Waals surface area contributed by atoms with Crippen LogP contribution in [0.1, 0.15) is 41.1 Å². The van der Waals surface area contributed by atoms with Crippen LogP contribution in [0.3, 0.4) is 0 Å². The van der Waals surface area contributed by atoms with Crippen molar-refractivity contribution in [3.8, 4) is 0 Å². The number of sulfonamides is 1. The minimum atomic E-state index is -3.20. The monoisotopic (exact) mass is 444 g/mol. The molecular formula is C19H32N4O6S. The molecule has 0 bridgehead atoms. The second kappa shape index (κ2) is 10.2. The van der Waals surface area contributed by atoms with Gasteiger partial charge in [-0.1, -0.05) is 5.16 Å². The molecule has 2 saturated heterocycles. The Balaban J connectivity index is 1.62. The predicted octanol–water partition coefficient (Wildman–Crippen LogP) is 0.374. The number of carbonyl (C=O) groups excluding carboxylic acids is 1. The van der Waals surface area contributed by atoms with Crippen LogP contribution >= 0.6 is 0 Å². The predicted molar refractivity (Wildman–Crippen MR) is 110 cm³/mol. The molecule has 1 aromatic rings. The van der Waals surface area contributed by atoms with E-state index < -0.39 is 10.0 Å². The van der Waals surface area contributed by atoms with Crippen molar-refractivity contribution < 1.29 is 27.2 Å². The number of aromatic nitrogens is 1. The van der Waals surface area contributed by atoms with Crippen LogP contribution in [0.5, 0.6) is 0 Å². The van der Waals surface area contributed by atoms with E-state index >= 15 is 0 Å². The molecule has 30 heavy (non-hydrogen) atoms. The van der Waals surface area contributed by atoms with E-state index in [2.05, 4.69) is 15.4 Å². The Bertz CT molecular complexity index is 821. The van der Waals surface area contributed by atoms with Crippen molar-refractivity contribution in [3.63, 3.8) is 0 Å². The summed E-state index contributed by atoms with van der Waals surface area (Å²) in [7, 11) is -1.64. The van der Waals surface area contributed by atoms with E-state index in [1.165, 1.54) is 10.6 Å². The fourth-order valence-electron chi connectivity index (χ4n) is 4.23. The molecule has 1 atom stereocenters. The highest BCUT2D eigenvalue weighted by atomic mass is 32.2. The molecule has 11 heteroatoms. The minimum absolute atomic E-state index is 0.137. The van der Waals surface area contributed by atoms with Gasteiger partial charge in [0, 0.05) is 58.6 Å². The van der Waals surface area contributed by atoms with E-state index in [1.54, 1.807) is 14.0 Å². The molecule has 1 unspecified atom stereocenters. The van der Waals surface area contributed by atoms with Crippen LogP contribution < -0.4 is 5.32 Å². The summed E-state index contributed by atoms with van der Waals surface area (Å²) in [6, 6.07) is 0.455. The van der Waals surface area contributed by atoms with Crippen LogP contribution in [-0.4, -0.2) is 93.5 Å². The van der Waals surface area contributed by atoms with E-state index in [4.69, 9.17) is 14.0 Å².